The van der Waals surface area contributed by atoms with E-state index in [4.69, 9.17) is 4.98 Å². The van der Waals surface area contributed by atoms with Crippen LogP contribution in [0, 0.1) is 0 Å². The number of aromatic nitrogens is 1. The van der Waals surface area contributed by atoms with Crippen molar-refractivity contribution in [3.8, 4) is 44.0 Å². The predicted molar refractivity (Wildman–Crippen MR) is 146 cm³/mol. The van der Waals surface area contributed by atoms with Crippen LogP contribution in [-0.2, 0) is 6.18 Å². The lowest BCUT2D eigenvalue weighted by molar-refractivity contribution is -0.137. The fourth-order valence-corrected chi connectivity index (χ4v) is 5.37. The van der Waals surface area contributed by atoms with Crippen LogP contribution in [0.25, 0.3) is 54.2 Å². The lowest BCUT2D eigenvalue weighted by Gasteiger charge is -2.10. The first-order chi connectivity index (χ1) is 17.9. The molecule has 0 aliphatic heterocycles. The largest absolute Gasteiger partial charge is 0.416 e. The Morgan fingerprint density at radius 3 is 1.59 bits per heavy atom. The van der Waals surface area contributed by atoms with Gasteiger partial charge in [-0.1, -0.05) is 91.0 Å². The maximum atomic E-state index is 13.1. The molecule has 5 heteroatoms. The van der Waals surface area contributed by atoms with E-state index in [0.717, 1.165) is 50.0 Å². The van der Waals surface area contributed by atoms with Gasteiger partial charge in [0.2, 0.25) is 0 Å². The number of para-hydroxylation sites is 1. The van der Waals surface area contributed by atoms with Crippen LogP contribution in [-0.4, -0.2) is 4.98 Å². The predicted octanol–water partition coefficient (Wildman–Crippen LogP) is 9.98. The average molecular weight is 508 g/mol. The van der Waals surface area contributed by atoms with Gasteiger partial charge >= 0.3 is 6.18 Å². The monoisotopic (exact) mass is 507 g/mol. The van der Waals surface area contributed by atoms with Crippen LogP contribution in [0.5, 0.6) is 0 Å². The summed E-state index contributed by atoms with van der Waals surface area (Å²) in [6.45, 7) is 0. The van der Waals surface area contributed by atoms with Crippen LogP contribution in [0.2, 0.25) is 0 Å². The third-order valence-corrected chi connectivity index (χ3v) is 7.45. The summed E-state index contributed by atoms with van der Waals surface area (Å²) in [7, 11) is 0. The Hall–Kier alpha value is -4.22. The van der Waals surface area contributed by atoms with Crippen LogP contribution in [0.1, 0.15) is 5.56 Å². The van der Waals surface area contributed by atoms with Crippen LogP contribution in [0.4, 0.5) is 13.2 Å². The fourth-order valence-electron chi connectivity index (χ4n) is 4.41. The SMILES string of the molecule is FC(F)(F)c1cccc(-c2ccc(-c3ccc(-c4cccc(-c5nc6ccccc6s5)c4)cc3)cc2)c1. The van der Waals surface area contributed by atoms with Crippen LogP contribution >= 0.6 is 11.3 Å². The van der Waals surface area contributed by atoms with E-state index in [9.17, 15) is 13.2 Å². The van der Waals surface area contributed by atoms with Crippen molar-refractivity contribution in [2.24, 2.45) is 0 Å². The minimum Gasteiger partial charge on any atom is -0.236 e. The van der Waals surface area contributed by atoms with Gasteiger partial charge < -0.3 is 0 Å². The minimum absolute atomic E-state index is 0.546. The number of nitrogens with zero attached hydrogens (tertiary/aromatic N) is 1. The summed E-state index contributed by atoms with van der Waals surface area (Å²) < 4.78 is 40.4. The van der Waals surface area contributed by atoms with Gasteiger partial charge in [0.15, 0.2) is 0 Å². The van der Waals surface area contributed by atoms with Crippen molar-refractivity contribution in [1.82, 2.24) is 4.98 Å². The van der Waals surface area contributed by atoms with E-state index >= 15 is 0 Å². The van der Waals surface area contributed by atoms with Crippen molar-refractivity contribution in [3.63, 3.8) is 0 Å². The first-order valence-corrected chi connectivity index (χ1v) is 12.6. The molecule has 1 nitrogen and oxygen atoms in total. The first kappa shape index (κ1) is 23.2. The van der Waals surface area contributed by atoms with Crippen molar-refractivity contribution < 1.29 is 13.2 Å². The van der Waals surface area contributed by atoms with Crippen molar-refractivity contribution in [2.75, 3.05) is 0 Å². The minimum atomic E-state index is -4.36. The molecule has 0 bridgehead atoms. The zero-order chi connectivity index (χ0) is 25.4. The number of fused-ring (bicyclic) bond motifs is 1. The van der Waals surface area contributed by atoms with Crippen molar-refractivity contribution >= 4 is 21.6 Å². The molecule has 0 unspecified atom stereocenters. The number of alkyl halides is 3. The summed E-state index contributed by atoms with van der Waals surface area (Å²) in [5, 5.41) is 1.00. The van der Waals surface area contributed by atoms with Gasteiger partial charge in [0.1, 0.15) is 5.01 Å². The third-order valence-electron chi connectivity index (χ3n) is 6.36. The van der Waals surface area contributed by atoms with E-state index in [0.29, 0.717) is 5.56 Å². The lowest BCUT2D eigenvalue weighted by Crippen LogP contribution is -2.04. The summed E-state index contributed by atoms with van der Waals surface area (Å²) in [6.07, 6.45) is -4.36. The molecule has 5 aromatic carbocycles. The van der Waals surface area contributed by atoms with Gasteiger partial charge in [0.25, 0.3) is 0 Å². The van der Waals surface area contributed by atoms with Crippen molar-refractivity contribution in [3.05, 3.63) is 127 Å². The Morgan fingerprint density at radius 1 is 0.486 bits per heavy atom. The van der Waals surface area contributed by atoms with Gasteiger partial charge in [-0.25, -0.2) is 4.98 Å². The van der Waals surface area contributed by atoms with E-state index in [2.05, 4.69) is 54.6 Å². The summed E-state index contributed by atoms with van der Waals surface area (Å²) in [5.41, 5.74) is 7.02. The molecule has 0 amide bonds. The summed E-state index contributed by atoms with van der Waals surface area (Å²) in [6, 6.07) is 37.9. The molecule has 6 aromatic rings. The van der Waals surface area contributed by atoms with Crippen LogP contribution in [0.3, 0.4) is 0 Å². The van der Waals surface area contributed by atoms with Gasteiger partial charge in [-0.05, 0) is 63.7 Å². The van der Waals surface area contributed by atoms with E-state index in [1.54, 1.807) is 17.4 Å². The number of thiazole rings is 1. The molecule has 0 N–H and O–H groups in total. The highest BCUT2D eigenvalue weighted by Gasteiger charge is 2.30. The topological polar surface area (TPSA) is 12.9 Å². The fraction of sp³-hybridized carbons (Fsp3) is 0.0312. The summed E-state index contributed by atoms with van der Waals surface area (Å²) in [5.74, 6) is 0. The number of hydrogen-bond donors (Lipinski definition) is 0. The second-order valence-electron chi connectivity index (χ2n) is 8.80. The third kappa shape index (κ3) is 4.78. The van der Waals surface area contributed by atoms with Crippen LogP contribution in [0.15, 0.2) is 121 Å². The summed E-state index contributed by atoms with van der Waals surface area (Å²) >= 11 is 1.69. The Labute approximate surface area is 216 Å². The van der Waals surface area contributed by atoms with Gasteiger partial charge in [-0.3, -0.25) is 0 Å². The van der Waals surface area contributed by atoms with Crippen LogP contribution < -0.4 is 0 Å². The highest BCUT2D eigenvalue weighted by Crippen LogP contribution is 2.35. The maximum absolute atomic E-state index is 13.1. The normalized spacial score (nSPS) is 11.6. The van der Waals surface area contributed by atoms with Crippen molar-refractivity contribution in [2.45, 2.75) is 6.18 Å². The van der Waals surface area contributed by atoms with E-state index in [1.165, 1.54) is 16.8 Å². The van der Waals surface area contributed by atoms with Gasteiger partial charge in [0.05, 0.1) is 15.8 Å². The second kappa shape index (κ2) is 9.34. The Morgan fingerprint density at radius 2 is 1.00 bits per heavy atom. The molecule has 37 heavy (non-hydrogen) atoms. The Kier molecular flexibility index (Phi) is 5.85. The second-order valence-corrected chi connectivity index (χ2v) is 9.83. The molecule has 0 aliphatic carbocycles. The molecule has 0 saturated carbocycles. The molecule has 1 heterocycles. The molecule has 0 saturated heterocycles. The first-order valence-electron chi connectivity index (χ1n) is 11.8. The highest BCUT2D eigenvalue weighted by molar-refractivity contribution is 7.21. The molecular weight excluding hydrogens is 487 g/mol. The van der Waals surface area contributed by atoms with Gasteiger partial charge in [-0.2, -0.15) is 13.2 Å². The number of benzene rings is 5. The van der Waals surface area contributed by atoms with E-state index in [-0.39, 0.29) is 0 Å². The molecule has 1 aromatic heterocycles. The van der Waals surface area contributed by atoms with Gasteiger partial charge in [-0.15, -0.1) is 11.3 Å². The molecular formula is C32H20F3NS. The number of rotatable bonds is 4. The molecule has 0 atom stereocenters. The smallest absolute Gasteiger partial charge is 0.236 e. The standard InChI is InChI=1S/C32H20F3NS/c33-32(34,35)28-8-4-6-26(20-28)24-17-13-22(14-18-24)21-11-15-23(16-12-21)25-5-3-7-27(19-25)31-36-29-9-1-2-10-30(29)37-31/h1-20H. The number of halogens is 3. The van der Waals surface area contributed by atoms with Gasteiger partial charge in [0, 0.05) is 5.56 Å². The maximum Gasteiger partial charge on any atom is 0.416 e. The van der Waals surface area contributed by atoms with E-state index < -0.39 is 11.7 Å². The quantitative estimate of drug-likeness (QED) is 0.231. The molecule has 0 spiro atoms. The summed E-state index contributed by atoms with van der Waals surface area (Å²) in [4.78, 5) is 4.78. The Balaban J connectivity index is 1.24. The molecule has 6 rings (SSSR count). The average Bonchev–Trinajstić information content (AvgIpc) is 3.38. The van der Waals surface area contributed by atoms with E-state index in [1.807, 2.05) is 42.5 Å². The molecule has 0 aliphatic rings. The highest BCUT2D eigenvalue weighted by atomic mass is 32.1. The molecule has 0 radical (unpaired) electrons. The lowest BCUT2D eigenvalue weighted by atomic mass is 9.97. The zero-order valence-corrected chi connectivity index (χ0v) is 20.4. The molecule has 0 fully saturated rings. The molecule has 180 valence electrons. The number of hydrogen-bond acceptors (Lipinski definition) is 2. The zero-order valence-electron chi connectivity index (χ0n) is 19.5. The van der Waals surface area contributed by atoms with Crippen molar-refractivity contribution in [1.29, 1.82) is 0 Å². The Bertz CT molecular complexity index is 1660.